The topological polar surface area (TPSA) is 21.3 Å². The molecule has 0 aliphatic heterocycles. The predicted molar refractivity (Wildman–Crippen MR) is 74.3 cm³/mol. The van der Waals surface area contributed by atoms with E-state index in [4.69, 9.17) is 4.74 Å². The van der Waals surface area contributed by atoms with Crippen LogP contribution in [0.4, 0.5) is 0 Å². The molecule has 3 atom stereocenters. The molecule has 1 rings (SSSR count). The van der Waals surface area contributed by atoms with Gasteiger partial charge in [-0.05, 0) is 31.1 Å². The molecular formula is C15H31NO. The van der Waals surface area contributed by atoms with Crippen molar-refractivity contribution < 1.29 is 4.74 Å². The van der Waals surface area contributed by atoms with Crippen molar-refractivity contribution in [2.24, 2.45) is 11.8 Å². The lowest BCUT2D eigenvalue weighted by molar-refractivity contribution is 0.0989. The van der Waals surface area contributed by atoms with E-state index in [2.05, 4.69) is 26.1 Å². The van der Waals surface area contributed by atoms with Crippen LogP contribution in [0, 0.1) is 11.8 Å². The maximum Gasteiger partial charge on any atom is 0.0591 e. The second-order valence-electron chi connectivity index (χ2n) is 5.79. The van der Waals surface area contributed by atoms with Crippen molar-refractivity contribution in [3.63, 3.8) is 0 Å². The molecule has 1 N–H and O–H groups in total. The van der Waals surface area contributed by atoms with Crippen molar-refractivity contribution in [2.75, 3.05) is 19.8 Å². The first-order valence-electron chi connectivity index (χ1n) is 7.55. The Balaban J connectivity index is 1.96. The molecule has 0 aromatic rings. The van der Waals surface area contributed by atoms with Gasteiger partial charge in [0.25, 0.3) is 0 Å². The molecule has 0 saturated heterocycles. The van der Waals surface area contributed by atoms with Crippen LogP contribution in [-0.2, 0) is 4.74 Å². The number of rotatable bonds is 8. The highest BCUT2D eigenvalue weighted by molar-refractivity contribution is 4.77. The molecule has 17 heavy (non-hydrogen) atoms. The van der Waals surface area contributed by atoms with Gasteiger partial charge in [0.1, 0.15) is 0 Å². The van der Waals surface area contributed by atoms with Gasteiger partial charge < -0.3 is 10.1 Å². The molecule has 0 spiro atoms. The fourth-order valence-electron chi connectivity index (χ4n) is 2.80. The lowest BCUT2D eigenvalue weighted by Crippen LogP contribution is -2.39. The molecule has 3 unspecified atom stereocenters. The van der Waals surface area contributed by atoms with E-state index in [-0.39, 0.29) is 0 Å². The molecule has 0 amide bonds. The Morgan fingerprint density at radius 2 is 2.06 bits per heavy atom. The zero-order valence-electron chi connectivity index (χ0n) is 12.0. The summed E-state index contributed by atoms with van der Waals surface area (Å²) in [5.74, 6) is 1.57. The van der Waals surface area contributed by atoms with Crippen LogP contribution >= 0.6 is 0 Å². The van der Waals surface area contributed by atoms with Crippen LogP contribution in [0.15, 0.2) is 0 Å². The third-order valence-corrected chi connectivity index (χ3v) is 3.95. The van der Waals surface area contributed by atoms with Gasteiger partial charge in [-0.3, -0.25) is 0 Å². The van der Waals surface area contributed by atoms with E-state index in [1.165, 1.54) is 38.5 Å². The first-order valence-corrected chi connectivity index (χ1v) is 7.55. The standard InChI is InChI=1S/C15H31NO/c1-4-7-13(2)12-17-11-10-16-15-9-6-5-8-14(15)3/h13-16H,4-12H2,1-3H3. The van der Waals surface area contributed by atoms with Gasteiger partial charge in [0, 0.05) is 19.2 Å². The Bertz CT molecular complexity index is 184. The smallest absolute Gasteiger partial charge is 0.0591 e. The molecule has 102 valence electrons. The third kappa shape index (κ3) is 6.42. The lowest BCUT2D eigenvalue weighted by atomic mass is 9.86. The van der Waals surface area contributed by atoms with Crippen LogP contribution in [0.2, 0.25) is 0 Å². The summed E-state index contributed by atoms with van der Waals surface area (Å²) in [5.41, 5.74) is 0. The van der Waals surface area contributed by atoms with Crippen LogP contribution in [0.1, 0.15) is 59.3 Å². The summed E-state index contributed by atoms with van der Waals surface area (Å²) >= 11 is 0. The third-order valence-electron chi connectivity index (χ3n) is 3.95. The van der Waals surface area contributed by atoms with Gasteiger partial charge in [0.05, 0.1) is 6.61 Å². The molecule has 0 aromatic carbocycles. The quantitative estimate of drug-likeness (QED) is 0.656. The highest BCUT2D eigenvalue weighted by Crippen LogP contribution is 2.23. The van der Waals surface area contributed by atoms with Crippen molar-refractivity contribution >= 4 is 0 Å². The highest BCUT2D eigenvalue weighted by atomic mass is 16.5. The summed E-state index contributed by atoms with van der Waals surface area (Å²) in [6.45, 7) is 9.71. The minimum atomic E-state index is 0.716. The average Bonchev–Trinajstić information content (AvgIpc) is 2.31. The Morgan fingerprint density at radius 1 is 1.29 bits per heavy atom. The van der Waals surface area contributed by atoms with Crippen molar-refractivity contribution in [3.05, 3.63) is 0 Å². The van der Waals surface area contributed by atoms with Crippen molar-refractivity contribution in [1.29, 1.82) is 0 Å². The highest BCUT2D eigenvalue weighted by Gasteiger charge is 2.19. The lowest BCUT2D eigenvalue weighted by Gasteiger charge is -2.29. The number of ether oxygens (including phenoxy) is 1. The summed E-state index contributed by atoms with van der Waals surface area (Å²) in [7, 11) is 0. The Hall–Kier alpha value is -0.0800. The zero-order chi connectivity index (χ0) is 12.5. The van der Waals surface area contributed by atoms with E-state index >= 15 is 0 Å². The van der Waals surface area contributed by atoms with Crippen LogP contribution in [0.25, 0.3) is 0 Å². The zero-order valence-corrected chi connectivity index (χ0v) is 12.0. The largest absolute Gasteiger partial charge is 0.380 e. The van der Waals surface area contributed by atoms with Crippen molar-refractivity contribution in [1.82, 2.24) is 5.32 Å². The van der Waals surface area contributed by atoms with E-state index in [0.29, 0.717) is 5.92 Å². The number of nitrogens with one attached hydrogen (secondary N) is 1. The molecule has 0 bridgehead atoms. The van der Waals surface area contributed by atoms with Crippen LogP contribution < -0.4 is 5.32 Å². The van der Waals surface area contributed by atoms with E-state index < -0.39 is 0 Å². The van der Waals surface area contributed by atoms with Crippen molar-refractivity contribution in [2.45, 2.75) is 65.3 Å². The molecule has 0 aromatic heterocycles. The summed E-state index contributed by atoms with van der Waals surface area (Å²) in [4.78, 5) is 0. The second-order valence-corrected chi connectivity index (χ2v) is 5.79. The minimum absolute atomic E-state index is 0.716. The SMILES string of the molecule is CCCC(C)COCCNC1CCCCC1C. The first kappa shape index (κ1) is 15.0. The Morgan fingerprint density at radius 3 is 2.76 bits per heavy atom. The summed E-state index contributed by atoms with van der Waals surface area (Å²) in [6, 6.07) is 0.736. The monoisotopic (exact) mass is 241 g/mol. The van der Waals surface area contributed by atoms with E-state index in [0.717, 1.165) is 31.7 Å². The predicted octanol–water partition coefficient (Wildman–Crippen LogP) is 3.61. The Kier molecular flexibility index (Phi) is 7.87. The molecule has 2 heteroatoms. The molecular weight excluding hydrogens is 210 g/mol. The molecule has 1 aliphatic rings. The van der Waals surface area contributed by atoms with E-state index in [9.17, 15) is 0 Å². The van der Waals surface area contributed by atoms with E-state index in [1.807, 2.05) is 0 Å². The molecule has 1 fully saturated rings. The van der Waals surface area contributed by atoms with Gasteiger partial charge in [-0.25, -0.2) is 0 Å². The molecule has 2 nitrogen and oxygen atoms in total. The first-order chi connectivity index (χ1) is 8.24. The fourth-order valence-corrected chi connectivity index (χ4v) is 2.80. The maximum atomic E-state index is 5.71. The average molecular weight is 241 g/mol. The van der Waals surface area contributed by atoms with Gasteiger partial charge in [-0.2, -0.15) is 0 Å². The number of hydrogen-bond donors (Lipinski definition) is 1. The summed E-state index contributed by atoms with van der Waals surface area (Å²) < 4.78 is 5.71. The normalized spacial score (nSPS) is 27.0. The number of hydrogen-bond acceptors (Lipinski definition) is 2. The van der Waals surface area contributed by atoms with Gasteiger partial charge in [-0.15, -0.1) is 0 Å². The minimum Gasteiger partial charge on any atom is -0.380 e. The van der Waals surface area contributed by atoms with Crippen molar-refractivity contribution in [3.8, 4) is 0 Å². The maximum absolute atomic E-state index is 5.71. The van der Waals surface area contributed by atoms with E-state index in [1.54, 1.807) is 0 Å². The van der Waals surface area contributed by atoms with Gasteiger partial charge in [0.2, 0.25) is 0 Å². The van der Waals surface area contributed by atoms with Gasteiger partial charge in [0.15, 0.2) is 0 Å². The second kappa shape index (κ2) is 8.93. The van der Waals surface area contributed by atoms with Gasteiger partial charge >= 0.3 is 0 Å². The Labute approximate surface area is 108 Å². The molecule has 0 radical (unpaired) electrons. The molecule has 0 heterocycles. The fraction of sp³-hybridized carbons (Fsp3) is 1.00. The van der Waals surface area contributed by atoms with Crippen LogP contribution in [0.3, 0.4) is 0 Å². The summed E-state index contributed by atoms with van der Waals surface area (Å²) in [6.07, 6.45) is 8.12. The van der Waals surface area contributed by atoms with Crippen LogP contribution in [0.5, 0.6) is 0 Å². The summed E-state index contributed by atoms with van der Waals surface area (Å²) in [5, 5.41) is 3.65. The van der Waals surface area contributed by atoms with Gasteiger partial charge in [-0.1, -0.05) is 40.0 Å². The van der Waals surface area contributed by atoms with Crippen LogP contribution in [-0.4, -0.2) is 25.8 Å². The molecule has 1 saturated carbocycles. The molecule has 1 aliphatic carbocycles.